The summed E-state index contributed by atoms with van der Waals surface area (Å²) in [6.45, 7) is 2.82. The summed E-state index contributed by atoms with van der Waals surface area (Å²) >= 11 is 0. The Kier molecular flexibility index (Phi) is 2.46. The lowest BCUT2D eigenvalue weighted by atomic mass is 10.1. The van der Waals surface area contributed by atoms with Gasteiger partial charge in [0.05, 0.1) is 12.2 Å². The Morgan fingerprint density at radius 1 is 1.27 bits per heavy atom. The fraction of sp³-hybridized carbons (Fsp3) is 0.455. The molecular formula is C11H17N3S. The van der Waals surface area contributed by atoms with Gasteiger partial charge >= 0.3 is 0 Å². The maximum Gasteiger partial charge on any atom is 0.0892 e. The lowest BCUT2D eigenvalue weighted by Gasteiger charge is -2.38. The molecular weight excluding hydrogens is 206 g/mol. The molecule has 0 N–H and O–H groups in total. The molecule has 1 aromatic rings. The van der Waals surface area contributed by atoms with Gasteiger partial charge in [-0.1, -0.05) is 22.9 Å². The Labute approximate surface area is 92.6 Å². The molecule has 1 heterocycles. The Hall–Kier alpha value is -1.03. The highest BCUT2D eigenvalue weighted by molar-refractivity contribution is 8.33. The second kappa shape index (κ2) is 3.52. The summed E-state index contributed by atoms with van der Waals surface area (Å²) < 4.78 is 2.07. The second-order valence-electron chi connectivity index (χ2n) is 4.57. The van der Waals surface area contributed by atoms with Crippen molar-refractivity contribution in [3.63, 3.8) is 0 Å². The van der Waals surface area contributed by atoms with Crippen molar-refractivity contribution in [1.82, 2.24) is 0 Å². The van der Waals surface area contributed by atoms with Crippen molar-refractivity contribution in [3.8, 4) is 0 Å². The molecule has 3 nitrogen and oxygen atoms in total. The van der Waals surface area contributed by atoms with Crippen LogP contribution < -0.4 is 4.41 Å². The Morgan fingerprint density at radius 3 is 2.67 bits per heavy atom. The van der Waals surface area contributed by atoms with Gasteiger partial charge in [-0.15, -0.1) is 0 Å². The van der Waals surface area contributed by atoms with Crippen LogP contribution in [0.5, 0.6) is 0 Å². The van der Waals surface area contributed by atoms with Gasteiger partial charge in [0.1, 0.15) is 0 Å². The van der Waals surface area contributed by atoms with Crippen molar-refractivity contribution in [1.29, 1.82) is 0 Å². The highest BCUT2D eigenvalue weighted by atomic mass is 32.3. The Balaban J connectivity index is 2.48. The van der Waals surface area contributed by atoms with Crippen LogP contribution in [0.3, 0.4) is 0 Å². The molecule has 0 fully saturated rings. The molecule has 2 rings (SSSR count). The molecule has 0 amide bonds. The third-order valence-corrected chi connectivity index (χ3v) is 3.65. The summed E-state index contributed by atoms with van der Waals surface area (Å²) in [5, 5.41) is 8.45. The van der Waals surface area contributed by atoms with Crippen LogP contribution in [-0.2, 0) is 6.54 Å². The van der Waals surface area contributed by atoms with E-state index in [-0.39, 0.29) is 0 Å². The highest BCUT2D eigenvalue weighted by Crippen LogP contribution is 2.46. The van der Waals surface area contributed by atoms with Gasteiger partial charge in [0.15, 0.2) is 0 Å². The van der Waals surface area contributed by atoms with E-state index in [1.165, 1.54) is 16.8 Å². The fourth-order valence-electron chi connectivity index (χ4n) is 1.65. The van der Waals surface area contributed by atoms with Gasteiger partial charge in [0, 0.05) is 5.56 Å². The Bertz CT molecular complexity index is 407. The zero-order valence-electron chi connectivity index (χ0n) is 9.69. The number of aryl methyl sites for hydroxylation is 1. The molecule has 0 saturated heterocycles. The predicted octanol–water partition coefficient (Wildman–Crippen LogP) is 3.29. The molecule has 1 aromatic carbocycles. The molecule has 1 aliphatic heterocycles. The highest BCUT2D eigenvalue weighted by Gasteiger charge is 2.22. The first-order chi connectivity index (χ1) is 6.98. The average molecular weight is 223 g/mol. The number of fused-ring (bicyclic) bond motifs is 1. The molecule has 15 heavy (non-hydrogen) atoms. The summed E-state index contributed by atoms with van der Waals surface area (Å²) in [7, 11) is -0.879. The summed E-state index contributed by atoms with van der Waals surface area (Å²) in [6.07, 6.45) is 6.67. The molecule has 0 spiro atoms. The van der Waals surface area contributed by atoms with Crippen LogP contribution >= 0.6 is 10.2 Å². The maximum atomic E-state index is 4.27. The first-order valence-electron chi connectivity index (χ1n) is 4.94. The standard InChI is InChI=1S/C11H17N3S/c1-9-5-6-11-10(7-9)8-12-13-14(11)15(2,3)4/h5-7H,8H2,1-4H3. The van der Waals surface area contributed by atoms with Crippen LogP contribution in [0.15, 0.2) is 28.5 Å². The molecule has 0 saturated carbocycles. The third kappa shape index (κ3) is 2.00. The van der Waals surface area contributed by atoms with Gasteiger partial charge < -0.3 is 0 Å². The summed E-state index contributed by atoms with van der Waals surface area (Å²) in [4.78, 5) is 0. The van der Waals surface area contributed by atoms with Crippen LogP contribution in [0, 0.1) is 6.92 Å². The van der Waals surface area contributed by atoms with Gasteiger partial charge in [-0.25, -0.2) is 4.41 Å². The van der Waals surface area contributed by atoms with Crippen molar-refractivity contribution < 1.29 is 0 Å². The van der Waals surface area contributed by atoms with Gasteiger partial charge in [0.2, 0.25) is 0 Å². The molecule has 4 heteroatoms. The monoisotopic (exact) mass is 223 g/mol. The van der Waals surface area contributed by atoms with Gasteiger partial charge in [0.25, 0.3) is 0 Å². The molecule has 0 aliphatic carbocycles. The number of rotatable bonds is 1. The van der Waals surface area contributed by atoms with Crippen LogP contribution in [0.2, 0.25) is 0 Å². The van der Waals surface area contributed by atoms with E-state index in [1.807, 2.05) is 0 Å². The minimum Gasteiger partial charge on any atom is -0.208 e. The van der Waals surface area contributed by atoms with Crippen molar-refractivity contribution in [2.75, 3.05) is 23.2 Å². The zero-order valence-corrected chi connectivity index (χ0v) is 10.5. The van der Waals surface area contributed by atoms with Gasteiger partial charge in [-0.05, 0) is 31.8 Å². The molecule has 0 unspecified atom stereocenters. The molecule has 82 valence electrons. The normalized spacial score (nSPS) is 16.4. The number of hydrogen-bond donors (Lipinski definition) is 0. The minimum absolute atomic E-state index is 0.711. The van der Waals surface area contributed by atoms with Gasteiger partial charge in [-0.2, -0.15) is 15.3 Å². The van der Waals surface area contributed by atoms with E-state index < -0.39 is 10.2 Å². The van der Waals surface area contributed by atoms with E-state index in [0.717, 1.165) is 0 Å². The third-order valence-electron chi connectivity index (χ3n) is 2.35. The first-order valence-corrected chi connectivity index (χ1v) is 7.75. The summed E-state index contributed by atoms with van der Waals surface area (Å²) in [5.41, 5.74) is 3.79. The summed E-state index contributed by atoms with van der Waals surface area (Å²) in [5.74, 6) is 0. The van der Waals surface area contributed by atoms with Crippen LogP contribution in [0.4, 0.5) is 5.69 Å². The van der Waals surface area contributed by atoms with E-state index >= 15 is 0 Å². The molecule has 0 atom stereocenters. The van der Waals surface area contributed by atoms with E-state index in [0.29, 0.717) is 6.54 Å². The largest absolute Gasteiger partial charge is 0.208 e. The van der Waals surface area contributed by atoms with Crippen LogP contribution in [0.1, 0.15) is 11.1 Å². The Morgan fingerprint density at radius 2 is 2.00 bits per heavy atom. The lowest BCUT2D eigenvalue weighted by Crippen LogP contribution is -2.22. The number of hydrogen-bond acceptors (Lipinski definition) is 3. The first kappa shape index (κ1) is 10.5. The maximum absolute atomic E-state index is 4.27. The van der Waals surface area contributed by atoms with E-state index in [2.05, 4.69) is 58.6 Å². The topological polar surface area (TPSA) is 28.0 Å². The smallest absolute Gasteiger partial charge is 0.0892 e. The second-order valence-corrected chi connectivity index (χ2v) is 8.46. The number of anilines is 1. The molecule has 0 aromatic heterocycles. The fourth-order valence-corrected chi connectivity index (χ4v) is 2.68. The molecule has 0 bridgehead atoms. The van der Waals surface area contributed by atoms with Crippen LogP contribution in [0.25, 0.3) is 0 Å². The SMILES string of the molecule is Cc1ccc2c(c1)CN=NN2S(C)(C)C. The van der Waals surface area contributed by atoms with E-state index in [4.69, 9.17) is 0 Å². The molecule has 1 aliphatic rings. The van der Waals surface area contributed by atoms with Crippen LogP contribution in [-0.4, -0.2) is 18.8 Å². The molecule has 0 radical (unpaired) electrons. The lowest BCUT2D eigenvalue weighted by molar-refractivity contribution is 0.844. The van der Waals surface area contributed by atoms with Gasteiger partial charge in [-0.3, -0.25) is 0 Å². The van der Waals surface area contributed by atoms with E-state index in [1.54, 1.807) is 0 Å². The number of nitrogens with zero attached hydrogens (tertiary/aromatic N) is 3. The quantitative estimate of drug-likeness (QED) is 0.718. The summed E-state index contributed by atoms with van der Waals surface area (Å²) in [6, 6.07) is 6.49. The van der Waals surface area contributed by atoms with Crippen molar-refractivity contribution in [2.45, 2.75) is 13.5 Å². The van der Waals surface area contributed by atoms with Crippen molar-refractivity contribution in [2.24, 2.45) is 10.3 Å². The van der Waals surface area contributed by atoms with Crippen molar-refractivity contribution in [3.05, 3.63) is 29.3 Å². The van der Waals surface area contributed by atoms with E-state index in [9.17, 15) is 0 Å². The average Bonchev–Trinajstić information content (AvgIpc) is 2.15. The number of benzene rings is 1. The van der Waals surface area contributed by atoms with Crippen molar-refractivity contribution >= 4 is 15.9 Å². The minimum atomic E-state index is -0.879. The zero-order chi connectivity index (χ0) is 11.1. The predicted molar refractivity (Wildman–Crippen MR) is 67.6 cm³/mol.